The first-order chi connectivity index (χ1) is 14.9. The van der Waals surface area contributed by atoms with E-state index < -0.39 is 79.0 Å². The first-order valence-corrected chi connectivity index (χ1v) is 9.82. The van der Waals surface area contributed by atoms with Crippen LogP contribution in [0.3, 0.4) is 0 Å². The van der Waals surface area contributed by atoms with Crippen molar-refractivity contribution in [3.63, 3.8) is 0 Å². The molecule has 0 unspecified atom stereocenters. The molecule has 0 aliphatic carbocycles. The van der Waals surface area contributed by atoms with E-state index in [0.29, 0.717) is 6.29 Å². The SMILES string of the molecule is C[C@H](N)C(=O)N[C@@H](C)C(=O)N[C@@H](CO)C(=O)N[C@@H](C)C(=O)N[C@@H](CO)C(=O)N[C@@H](C)C=O. The number of hydrogen-bond donors (Lipinski definition) is 8. The summed E-state index contributed by atoms with van der Waals surface area (Å²) in [4.78, 5) is 70.8. The van der Waals surface area contributed by atoms with Crippen LogP contribution in [0.5, 0.6) is 0 Å². The van der Waals surface area contributed by atoms with Gasteiger partial charge in [0.25, 0.3) is 0 Å². The third-order valence-electron chi connectivity index (χ3n) is 4.12. The summed E-state index contributed by atoms with van der Waals surface area (Å²) < 4.78 is 0. The van der Waals surface area contributed by atoms with Crippen molar-refractivity contribution in [3.8, 4) is 0 Å². The molecule has 0 aromatic rings. The molecule has 14 heteroatoms. The van der Waals surface area contributed by atoms with Crippen molar-refractivity contribution in [1.29, 1.82) is 0 Å². The van der Waals surface area contributed by atoms with Crippen molar-refractivity contribution in [3.05, 3.63) is 0 Å². The number of nitrogens with two attached hydrogens (primary N) is 1. The summed E-state index contributed by atoms with van der Waals surface area (Å²) in [7, 11) is 0. The van der Waals surface area contributed by atoms with Gasteiger partial charge in [-0.3, -0.25) is 24.0 Å². The van der Waals surface area contributed by atoms with Gasteiger partial charge in [0.05, 0.1) is 25.3 Å². The molecule has 5 amide bonds. The van der Waals surface area contributed by atoms with Crippen LogP contribution >= 0.6 is 0 Å². The quantitative estimate of drug-likeness (QED) is 0.123. The topological polar surface area (TPSA) is 229 Å². The number of nitrogens with one attached hydrogen (secondary N) is 5. The van der Waals surface area contributed by atoms with Crippen molar-refractivity contribution in [1.82, 2.24) is 26.6 Å². The molecule has 0 spiro atoms. The Bertz CT molecular complexity index is 701. The number of carbonyl (C=O) groups is 6. The zero-order valence-corrected chi connectivity index (χ0v) is 18.4. The van der Waals surface area contributed by atoms with E-state index in [1.54, 1.807) is 0 Å². The number of aliphatic hydroxyl groups excluding tert-OH is 2. The normalized spacial score (nSPS) is 16.2. The minimum absolute atomic E-state index is 0.462. The van der Waals surface area contributed by atoms with Gasteiger partial charge in [0.1, 0.15) is 30.5 Å². The molecule has 0 rings (SSSR count). The predicted octanol–water partition coefficient (Wildman–Crippen LogP) is -5.00. The smallest absolute Gasteiger partial charge is 0.245 e. The first-order valence-electron chi connectivity index (χ1n) is 9.82. The predicted molar refractivity (Wildman–Crippen MR) is 111 cm³/mol. The van der Waals surface area contributed by atoms with E-state index in [1.807, 2.05) is 0 Å². The molecular weight excluding hydrogens is 428 g/mol. The Labute approximate surface area is 185 Å². The Morgan fingerprint density at radius 3 is 1.41 bits per heavy atom. The fourth-order valence-corrected chi connectivity index (χ4v) is 2.13. The van der Waals surface area contributed by atoms with Crippen molar-refractivity contribution >= 4 is 35.8 Å². The summed E-state index contributed by atoms with van der Waals surface area (Å²) in [5, 5.41) is 30.0. The maximum Gasteiger partial charge on any atom is 0.245 e. The first kappa shape index (κ1) is 28.9. The van der Waals surface area contributed by atoms with E-state index in [1.165, 1.54) is 27.7 Å². The Morgan fingerprint density at radius 1 is 0.688 bits per heavy atom. The lowest BCUT2D eigenvalue weighted by molar-refractivity contribution is -0.135. The number of carbonyl (C=O) groups excluding carboxylic acids is 6. The number of aliphatic hydroxyl groups is 2. The van der Waals surface area contributed by atoms with Crippen molar-refractivity contribution in [2.75, 3.05) is 13.2 Å². The van der Waals surface area contributed by atoms with E-state index in [0.717, 1.165) is 0 Å². The molecule has 0 saturated carbocycles. The monoisotopic (exact) mass is 460 g/mol. The van der Waals surface area contributed by atoms with Gasteiger partial charge in [-0.25, -0.2) is 0 Å². The Morgan fingerprint density at radius 2 is 1.06 bits per heavy atom. The van der Waals surface area contributed by atoms with E-state index in [4.69, 9.17) is 5.73 Å². The number of aldehydes is 1. The molecule has 0 heterocycles. The summed E-state index contributed by atoms with van der Waals surface area (Å²) in [6.45, 7) is 3.88. The van der Waals surface area contributed by atoms with Crippen molar-refractivity contribution in [2.24, 2.45) is 5.73 Å². The minimum atomic E-state index is -1.43. The molecule has 0 radical (unpaired) electrons. The van der Waals surface area contributed by atoms with E-state index in [9.17, 15) is 39.0 Å². The average Bonchev–Trinajstić information content (AvgIpc) is 2.74. The van der Waals surface area contributed by atoms with Crippen LogP contribution in [-0.4, -0.2) is 95.5 Å². The van der Waals surface area contributed by atoms with Gasteiger partial charge in [-0.05, 0) is 27.7 Å². The van der Waals surface area contributed by atoms with E-state index in [-0.39, 0.29) is 0 Å². The number of rotatable bonds is 13. The second kappa shape index (κ2) is 14.1. The molecule has 0 fully saturated rings. The lowest BCUT2D eigenvalue weighted by atomic mass is 10.2. The number of hydrogen-bond acceptors (Lipinski definition) is 9. The highest BCUT2D eigenvalue weighted by Gasteiger charge is 2.28. The fraction of sp³-hybridized carbons (Fsp3) is 0.667. The molecular formula is C18H32N6O8. The maximum atomic E-state index is 12.3. The van der Waals surface area contributed by atoms with Gasteiger partial charge in [-0.1, -0.05) is 0 Å². The maximum absolute atomic E-state index is 12.3. The van der Waals surface area contributed by atoms with E-state index >= 15 is 0 Å². The lowest BCUT2D eigenvalue weighted by Gasteiger charge is -2.23. The van der Waals surface area contributed by atoms with Gasteiger partial charge in [0, 0.05) is 0 Å². The van der Waals surface area contributed by atoms with Crippen molar-refractivity contribution in [2.45, 2.75) is 63.9 Å². The highest BCUT2D eigenvalue weighted by atomic mass is 16.3. The highest BCUT2D eigenvalue weighted by Crippen LogP contribution is 1.94. The molecule has 0 bridgehead atoms. The largest absolute Gasteiger partial charge is 0.394 e. The molecule has 32 heavy (non-hydrogen) atoms. The minimum Gasteiger partial charge on any atom is -0.394 e. The van der Waals surface area contributed by atoms with Gasteiger partial charge < -0.3 is 47.3 Å². The molecule has 0 aromatic heterocycles. The van der Waals surface area contributed by atoms with Crippen LogP contribution < -0.4 is 32.3 Å². The standard InChI is InChI=1S/C18H32N6O8/c1-8(5-25)20-17(31)12(6-26)23-16(30)11(4)22-18(32)13(7-27)24-15(29)10(3)21-14(28)9(2)19/h5,8-13,26-27H,6-7,19H2,1-4H3,(H,20,31)(H,21,28)(H,22,32)(H,23,30)(H,24,29)/t8-,9-,10-,11-,12-,13-/m0/s1. The average molecular weight is 460 g/mol. The van der Waals surface area contributed by atoms with E-state index in [2.05, 4.69) is 26.6 Å². The van der Waals surface area contributed by atoms with Crippen LogP contribution in [0.25, 0.3) is 0 Å². The lowest BCUT2D eigenvalue weighted by Crippen LogP contribution is -2.59. The molecule has 0 aliphatic rings. The summed E-state index contributed by atoms with van der Waals surface area (Å²) >= 11 is 0. The third-order valence-corrected chi connectivity index (χ3v) is 4.12. The Kier molecular flexibility index (Phi) is 12.7. The number of amides is 5. The van der Waals surface area contributed by atoms with Crippen LogP contribution in [0.4, 0.5) is 0 Å². The zero-order chi connectivity index (χ0) is 25.0. The molecule has 0 aromatic carbocycles. The van der Waals surface area contributed by atoms with Crippen LogP contribution in [0, 0.1) is 0 Å². The van der Waals surface area contributed by atoms with Crippen LogP contribution in [0.15, 0.2) is 0 Å². The van der Waals surface area contributed by atoms with Crippen LogP contribution in [0.1, 0.15) is 27.7 Å². The summed E-state index contributed by atoms with van der Waals surface area (Å²) in [6, 6.07) is -6.75. The van der Waals surface area contributed by atoms with Gasteiger partial charge in [0.2, 0.25) is 29.5 Å². The second-order valence-corrected chi connectivity index (χ2v) is 7.17. The Hall–Kier alpha value is -3.10. The second-order valence-electron chi connectivity index (χ2n) is 7.17. The molecule has 9 N–H and O–H groups in total. The fourth-order valence-electron chi connectivity index (χ4n) is 2.13. The molecule has 0 aliphatic heterocycles. The molecule has 182 valence electrons. The van der Waals surface area contributed by atoms with Crippen LogP contribution in [-0.2, 0) is 28.8 Å². The molecule has 0 saturated heterocycles. The van der Waals surface area contributed by atoms with Crippen molar-refractivity contribution < 1.29 is 39.0 Å². The molecule has 6 atom stereocenters. The third kappa shape index (κ3) is 9.80. The Balaban J connectivity index is 4.88. The molecule has 14 nitrogen and oxygen atoms in total. The van der Waals surface area contributed by atoms with Gasteiger partial charge in [-0.15, -0.1) is 0 Å². The van der Waals surface area contributed by atoms with Gasteiger partial charge >= 0.3 is 0 Å². The van der Waals surface area contributed by atoms with Gasteiger partial charge in [-0.2, -0.15) is 0 Å². The summed E-state index contributed by atoms with van der Waals surface area (Å²) in [6.07, 6.45) is 0.462. The zero-order valence-electron chi connectivity index (χ0n) is 18.4. The summed E-state index contributed by atoms with van der Waals surface area (Å²) in [5.41, 5.74) is 5.40. The van der Waals surface area contributed by atoms with Crippen LogP contribution in [0.2, 0.25) is 0 Å². The van der Waals surface area contributed by atoms with Gasteiger partial charge in [0.15, 0.2) is 0 Å². The summed E-state index contributed by atoms with van der Waals surface area (Å²) in [5.74, 6) is -3.91. The highest BCUT2D eigenvalue weighted by molar-refractivity contribution is 5.95.